The average Bonchev–Trinajstić information content (AvgIpc) is 2.08. The van der Waals surface area contributed by atoms with Crippen LogP contribution in [0, 0.1) is 11.3 Å². The van der Waals surface area contributed by atoms with Gasteiger partial charge in [-0.2, -0.15) is 5.26 Å². The Balaban J connectivity index is 3.28. The molecule has 0 bridgehead atoms. The molecule has 0 atom stereocenters. The highest BCUT2D eigenvalue weighted by molar-refractivity contribution is 6.31. The third kappa shape index (κ3) is 1.49. The first-order chi connectivity index (χ1) is 5.69. The summed E-state index contributed by atoms with van der Waals surface area (Å²) in [4.78, 5) is 0. The first-order valence-electron chi connectivity index (χ1n) is 3.23. The predicted molar refractivity (Wildman–Crippen MR) is 45.4 cm³/mol. The molecule has 2 N–H and O–H groups in total. The van der Waals surface area contributed by atoms with Crippen LogP contribution in [0.25, 0.3) is 0 Å². The van der Waals surface area contributed by atoms with Gasteiger partial charge in [-0.05, 0) is 12.1 Å². The maximum Gasteiger partial charge on any atom is 0.117 e. The fourth-order valence-electron chi connectivity index (χ4n) is 0.833. The fourth-order valence-corrected chi connectivity index (χ4v) is 1.06. The van der Waals surface area contributed by atoms with Crippen LogP contribution >= 0.6 is 11.6 Å². The third-order valence-corrected chi connectivity index (χ3v) is 1.81. The van der Waals surface area contributed by atoms with Gasteiger partial charge in [-0.15, -0.1) is 0 Å². The molecular weight excluding hydrogens is 179 g/mol. The summed E-state index contributed by atoms with van der Waals surface area (Å²) in [7, 11) is 0. The van der Waals surface area contributed by atoms with Crippen molar-refractivity contribution in [1.82, 2.24) is 0 Å². The minimum atomic E-state index is -0.669. The Kier molecular flexibility index (Phi) is 2.51. The second-order valence-electron chi connectivity index (χ2n) is 2.28. The lowest BCUT2D eigenvalue weighted by molar-refractivity contribution is 0.486. The van der Waals surface area contributed by atoms with Crippen molar-refractivity contribution in [3.8, 4) is 6.07 Å². The van der Waals surface area contributed by atoms with Crippen LogP contribution in [0.5, 0.6) is 0 Å². The summed E-state index contributed by atoms with van der Waals surface area (Å²) in [5, 5.41) is 8.76. The summed E-state index contributed by atoms with van der Waals surface area (Å²) in [5.41, 5.74) is 6.28. The monoisotopic (exact) mass is 184 g/mol. The molecular formula is C8H6ClFN2. The summed E-state index contributed by atoms with van der Waals surface area (Å²) in [6.45, 7) is -0.669. The average molecular weight is 185 g/mol. The molecule has 1 aromatic carbocycles. The molecule has 4 heteroatoms. The molecule has 0 aliphatic heterocycles. The molecule has 0 fully saturated rings. The zero-order valence-corrected chi connectivity index (χ0v) is 6.90. The number of rotatable bonds is 1. The van der Waals surface area contributed by atoms with Gasteiger partial charge in [0.2, 0.25) is 0 Å². The minimum Gasteiger partial charge on any atom is -0.398 e. The molecule has 12 heavy (non-hydrogen) atoms. The van der Waals surface area contributed by atoms with E-state index in [1.54, 1.807) is 0 Å². The van der Waals surface area contributed by atoms with Gasteiger partial charge in [0.1, 0.15) is 12.7 Å². The molecule has 1 aromatic rings. The summed E-state index contributed by atoms with van der Waals surface area (Å²) >= 11 is 5.64. The van der Waals surface area contributed by atoms with Gasteiger partial charge in [0.25, 0.3) is 0 Å². The number of hydrogen-bond acceptors (Lipinski definition) is 2. The quantitative estimate of drug-likeness (QED) is 0.681. The standard InChI is InChI=1S/C8H6ClFN2/c9-7-1-5(3-10)8(12)2-6(7)4-11/h1-2H,3,12H2. The van der Waals surface area contributed by atoms with Crippen molar-refractivity contribution in [2.75, 3.05) is 5.73 Å². The van der Waals surface area contributed by atoms with E-state index in [9.17, 15) is 4.39 Å². The lowest BCUT2D eigenvalue weighted by Crippen LogP contribution is -1.93. The Labute approximate surface area is 74.4 Å². The zero-order chi connectivity index (χ0) is 9.14. The van der Waals surface area contributed by atoms with E-state index in [-0.39, 0.29) is 16.3 Å². The second-order valence-corrected chi connectivity index (χ2v) is 2.68. The summed E-state index contributed by atoms with van der Waals surface area (Å²) in [5.74, 6) is 0. The van der Waals surface area contributed by atoms with Crippen molar-refractivity contribution in [2.45, 2.75) is 6.67 Å². The number of anilines is 1. The van der Waals surface area contributed by atoms with Gasteiger partial charge in [0, 0.05) is 11.3 Å². The first kappa shape index (κ1) is 8.82. The van der Waals surface area contributed by atoms with Crippen LogP contribution in [0.2, 0.25) is 5.02 Å². The summed E-state index contributed by atoms with van der Waals surface area (Å²) in [6, 6.07) is 4.60. The molecule has 0 heterocycles. The van der Waals surface area contributed by atoms with Gasteiger partial charge in [-0.1, -0.05) is 11.6 Å². The fraction of sp³-hybridized carbons (Fsp3) is 0.125. The molecule has 62 valence electrons. The molecule has 0 unspecified atom stereocenters. The molecule has 1 rings (SSSR count). The van der Waals surface area contributed by atoms with E-state index >= 15 is 0 Å². The minimum absolute atomic E-state index is 0.236. The zero-order valence-electron chi connectivity index (χ0n) is 6.14. The Morgan fingerprint density at radius 2 is 2.25 bits per heavy atom. The van der Waals surface area contributed by atoms with Crippen molar-refractivity contribution < 1.29 is 4.39 Å². The van der Waals surface area contributed by atoms with Gasteiger partial charge in [-0.25, -0.2) is 4.39 Å². The van der Waals surface area contributed by atoms with Crippen LogP contribution in [0.1, 0.15) is 11.1 Å². The van der Waals surface area contributed by atoms with E-state index in [4.69, 9.17) is 22.6 Å². The SMILES string of the molecule is N#Cc1cc(N)c(CF)cc1Cl. The number of nitrogen functional groups attached to an aromatic ring is 1. The van der Waals surface area contributed by atoms with Crippen LogP contribution in [0.15, 0.2) is 12.1 Å². The molecule has 0 amide bonds. The predicted octanol–water partition coefficient (Wildman–Crippen LogP) is 2.26. The number of alkyl halides is 1. The number of nitrogens with zero attached hydrogens (tertiary/aromatic N) is 1. The van der Waals surface area contributed by atoms with Crippen LogP contribution in [0.3, 0.4) is 0 Å². The third-order valence-electron chi connectivity index (χ3n) is 1.49. The van der Waals surface area contributed by atoms with Gasteiger partial charge in [0.15, 0.2) is 0 Å². The number of halogens is 2. The molecule has 0 saturated carbocycles. The number of nitrogens with two attached hydrogens (primary N) is 1. The van der Waals surface area contributed by atoms with Crippen molar-refractivity contribution in [2.24, 2.45) is 0 Å². The molecule has 0 aliphatic rings. The number of hydrogen-bond donors (Lipinski definition) is 1. The maximum absolute atomic E-state index is 12.2. The lowest BCUT2D eigenvalue weighted by atomic mass is 10.1. The highest BCUT2D eigenvalue weighted by Crippen LogP contribution is 2.23. The molecule has 0 radical (unpaired) electrons. The molecule has 0 spiro atoms. The highest BCUT2D eigenvalue weighted by Gasteiger charge is 2.05. The lowest BCUT2D eigenvalue weighted by Gasteiger charge is -2.02. The molecule has 2 nitrogen and oxygen atoms in total. The van der Waals surface area contributed by atoms with Crippen molar-refractivity contribution in [3.63, 3.8) is 0 Å². The Morgan fingerprint density at radius 3 is 2.75 bits per heavy atom. The van der Waals surface area contributed by atoms with Crippen LogP contribution in [0.4, 0.5) is 10.1 Å². The Bertz CT molecular complexity index is 343. The van der Waals surface area contributed by atoms with E-state index in [0.29, 0.717) is 5.56 Å². The van der Waals surface area contributed by atoms with Crippen molar-refractivity contribution in [1.29, 1.82) is 5.26 Å². The van der Waals surface area contributed by atoms with E-state index < -0.39 is 6.67 Å². The number of nitriles is 1. The Hall–Kier alpha value is -1.27. The molecule has 0 saturated heterocycles. The van der Waals surface area contributed by atoms with Gasteiger partial charge < -0.3 is 5.73 Å². The largest absolute Gasteiger partial charge is 0.398 e. The van der Waals surface area contributed by atoms with Gasteiger partial charge in [0.05, 0.1) is 10.6 Å². The smallest absolute Gasteiger partial charge is 0.117 e. The molecule has 0 aliphatic carbocycles. The Morgan fingerprint density at radius 1 is 1.58 bits per heavy atom. The first-order valence-corrected chi connectivity index (χ1v) is 3.60. The molecule has 0 aromatic heterocycles. The van der Waals surface area contributed by atoms with Crippen molar-refractivity contribution in [3.05, 3.63) is 28.3 Å². The van der Waals surface area contributed by atoms with Gasteiger partial charge >= 0.3 is 0 Å². The summed E-state index contributed by atoms with van der Waals surface area (Å²) < 4.78 is 12.2. The van der Waals surface area contributed by atoms with Crippen LogP contribution in [-0.2, 0) is 6.67 Å². The van der Waals surface area contributed by atoms with E-state index in [2.05, 4.69) is 0 Å². The van der Waals surface area contributed by atoms with Crippen LogP contribution in [-0.4, -0.2) is 0 Å². The van der Waals surface area contributed by atoms with Crippen molar-refractivity contribution >= 4 is 17.3 Å². The maximum atomic E-state index is 12.2. The van der Waals surface area contributed by atoms with E-state index in [1.807, 2.05) is 6.07 Å². The topological polar surface area (TPSA) is 49.8 Å². The van der Waals surface area contributed by atoms with E-state index in [1.165, 1.54) is 12.1 Å². The van der Waals surface area contributed by atoms with Gasteiger partial charge in [-0.3, -0.25) is 0 Å². The number of benzene rings is 1. The van der Waals surface area contributed by atoms with Crippen LogP contribution < -0.4 is 5.73 Å². The normalized spacial score (nSPS) is 9.42. The second kappa shape index (κ2) is 3.42. The summed E-state index contributed by atoms with van der Waals surface area (Å²) in [6.07, 6.45) is 0. The highest BCUT2D eigenvalue weighted by atomic mass is 35.5. The van der Waals surface area contributed by atoms with E-state index in [0.717, 1.165) is 0 Å².